The molecular formula is C16H19N3S2. The highest BCUT2D eigenvalue weighted by Crippen LogP contribution is 2.39. The number of rotatable bonds is 4. The number of fused-ring (bicyclic) bond motifs is 1. The van der Waals surface area contributed by atoms with Crippen molar-refractivity contribution in [2.45, 2.75) is 30.0 Å². The molecule has 0 fully saturated rings. The van der Waals surface area contributed by atoms with Gasteiger partial charge in [-0.1, -0.05) is 23.9 Å². The lowest BCUT2D eigenvalue weighted by atomic mass is 10.0. The Kier molecular flexibility index (Phi) is 4.60. The molecule has 0 aliphatic heterocycles. The van der Waals surface area contributed by atoms with E-state index in [-0.39, 0.29) is 0 Å². The molecular weight excluding hydrogens is 298 g/mol. The molecule has 0 atom stereocenters. The molecule has 1 aromatic carbocycles. The summed E-state index contributed by atoms with van der Waals surface area (Å²) in [5, 5.41) is 6.25. The Bertz CT molecular complexity index is 653. The number of nitrogens with zero attached hydrogens (tertiary/aromatic N) is 3. The largest absolute Gasteiger partial charge is 0.303 e. The fourth-order valence-corrected chi connectivity index (χ4v) is 4.66. The van der Waals surface area contributed by atoms with Gasteiger partial charge in [0.15, 0.2) is 4.34 Å². The summed E-state index contributed by atoms with van der Waals surface area (Å²) in [7, 11) is 3.92. The van der Waals surface area contributed by atoms with E-state index >= 15 is 0 Å². The molecule has 2 aromatic rings. The summed E-state index contributed by atoms with van der Waals surface area (Å²) in [4.78, 5) is 6.16. The van der Waals surface area contributed by atoms with Crippen molar-refractivity contribution < 1.29 is 0 Å². The molecule has 0 radical (unpaired) electrons. The summed E-state index contributed by atoms with van der Waals surface area (Å²) in [5.41, 5.74) is 2.48. The van der Waals surface area contributed by atoms with E-state index in [1.165, 1.54) is 28.0 Å². The van der Waals surface area contributed by atoms with Crippen LogP contribution in [-0.2, 0) is 0 Å². The van der Waals surface area contributed by atoms with Crippen LogP contribution < -0.4 is 0 Å². The van der Waals surface area contributed by atoms with Crippen LogP contribution in [-0.4, -0.2) is 30.3 Å². The van der Waals surface area contributed by atoms with Gasteiger partial charge in [-0.05, 0) is 48.3 Å². The minimum atomic E-state index is 1.10. The number of hydrazone groups is 1. The van der Waals surface area contributed by atoms with Crippen molar-refractivity contribution >= 4 is 39.5 Å². The molecule has 1 heterocycles. The van der Waals surface area contributed by atoms with E-state index < -0.39 is 0 Å². The number of thiazole rings is 1. The maximum absolute atomic E-state index is 4.73. The van der Waals surface area contributed by atoms with Gasteiger partial charge in [0.25, 0.3) is 0 Å². The third-order valence-corrected chi connectivity index (χ3v) is 5.70. The molecule has 0 spiro atoms. The first-order valence-electron chi connectivity index (χ1n) is 7.19. The van der Waals surface area contributed by atoms with E-state index in [0.717, 1.165) is 22.7 Å². The predicted molar refractivity (Wildman–Crippen MR) is 93.2 cm³/mol. The van der Waals surface area contributed by atoms with E-state index in [0.29, 0.717) is 0 Å². The molecule has 1 aliphatic rings. The maximum Gasteiger partial charge on any atom is 0.155 e. The van der Waals surface area contributed by atoms with Crippen LogP contribution in [0.2, 0.25) is 0 Å². The van der Waals surface area contributed by atoms with E-state index in [4.69, 9.17) is 4.98 Å². The van der Waals surface area contributed by atoms with Gasteiger partial charge in [-0.2, -0.15) is 5.10 Å². The topological polar surface area (TPSA) is 28.5 Å². The smallest absolute Gasteiger partial charge is 0.155 e. The Hall–Kier alpha value is -1.33. The second-order valence-electron chi connectivity index (χ2n) is 5.30. The predicted octanol–water partition coefficient (Wildman–Crippen LogP) is 4.76. The Morgan fingerprint density at radius 2 is 2.05 bits per heavy atom. The first-order chi connectivity index (χ1) is 10.2. The Balaban J connectivity index is 1.86. The van der Waals surface area contributed by atoms with E-state index in [2.05, 4.69) is 23.3 Å². The second kappa shape index (κ2) is 6.62. The zero-order chi connectivity index (χ0) is 14.7. The van der Waals surface area contributed by atoms with E-state index in [9.17, 15) is 0 Å². The number of benzene rings is 1. The molecule has 3 rings (SSSR count). The average molecular weight is 317 g/mol. The molecule has 5 heteroatoms. The Labute approximate surface area is 133 Å². The molecule has 0 saturated carbocycles. The maximum atomic E-state index is 4.73. The van der Waals surface area contributed by atoms with Crippen molar-refractivity contribution in [2.24, 2.45) is 5.10 Å². The normalized spacial score (nSPS) is 16.1. The molecule has 110 valence electrons. The number of hydrogen-bond donors (Lipinski definition) is 0. The molecule has 1 aromatic heterocycles. The van der Waals surface area contributed by atoms with Crippen molar-refractivity contribution in [1.29, 1.82) is 0 Å². The van der Waals surface area contributed by atoms with Crippen LogP contribution in [0.1, 0.15) is 25.7 Å². The van der Waals surface area contributed by atoms with Crippen molar-refractivity contribution in [3.05, 3.63) is 34.7 Å². The fraction of sp³-hybridized carbons (Fsp3) is 0.375. The van der Waals surface area contributed by atoms with Gasteiger partial charge in [-0.25, -0.2) is 4.98 Å². The van der Waals surface area contributed by atoms with Gasteiger partial charge in [0.1, 0.15) is 0 Å². The molecule has 0 bridgehead atoms. The Morgan fingerprint density at radius 1 is 1.24 bits per heavy atom. The third-order valence-electron chi connectivity index (χ3n) is 3.39. The van der Waals surface area contributed by atoms with E-state index in [1.807, 2.05) is 43.1 Å². The van der Waals surface area contributed by atoms with Crippen molar-refractivity contribution in [1.82, 2.24) is 9.99 Å². The van der Waals surface area contributed by atoms with E-state index in [1.54, 1.807) is 11.3 Å². The summed E-state index contributed by atoms with van der Waals surface area (Å²) in [6.07, 6.45) is 6.83. The monoisotopic (exact) mass is 317 g/mol. The quantitative estimate of drug-likeness (QED) is 0.601. The number of aromatic nitrogens is 1. The number of allylic oxidation sites excluding steroid dienone is 2. The van der Waals surface area contributed by atoms with Crippen molar-refractivity contribution in [3.63, 3.8) is 0 Å². The standard InChI is InChI=1S/C16H19N3S2/c1-19(2)17-11-12-7-3-5-9-14(12)20-16-18-13-8-4-6-10-15(13)21-16/h4,6,8,10-11H,3,5,7,9H2,1-2H3/b17-11-. The van der Waals surface area contributed by atoms with Crippen molar-refractivity contribution in [3.8, 4) is 0 Å². The van der Waals surface area contributed by atoms with Crippen LogP contribution in [0.3, 0.4) is 0 Å². The van der Waals surface area contributed by atoms with Crippen molar-refractivity contribution in [2.75, 3.05) is 14.1 Å². The summed E-state index contributed by atoms with van der Waals surface area (Å²) < 4.78 is 2.41. The highest BCUT2D eigenvalue weighted by molar-refractivity contribution is 8.04. The van der Waals surface area contributed by atoms with Gasteiger partial charge in [-0.15, -0.1) is 11.3 Å². The first-order valence-corrected chi connectivity index (χ1v) is 8.82. The molecule has 0 N–H and O–H groups in total. The van der Waals surface area contributed by atoms with Gasteiger partial charge in [-0.3, -0.25) is 0 Å². The molecule has 21 heavy (non-hydrogen) atoms. The van der Waals surface area contributed by atoms with Crippen LogP contribution in [0.4, 0.5) is 0 Å². The summed E-state index contributed by atoms with van der Waals surface area (Å²) >= 11 is 3.61. The average Bonchev–Trinajstić information content (AvgIpc) is 2.88. The van der Waals surface area contributed by atoms with Crippen LogP contribution in [0.15, 0.2) is 44.2 Å². The first kappa shape index (κ1) is 14.6. The molecule has 0 saturated heterocycles. The Morgan fingerprint density at radius 3 is 2.86 bits per heavy atom. The summed E-state index contributed by atoms with van der Waals surface area (Å²) in [6, 6.07) is 8.34. The van der Waals surface area contributed by atoms with Crippen LogP contribution in [0, 0.1) is 0 Å². The minimum absolute atomic E-state index is 1.10. The summed E-state index contributed by atoms with van der Waals surface area (Å²) in [6.45, 7) is 0. The van der Waals surface area contributed by atoms with Crippen LogP contribution in [0.25, 0.3) is 10.2 Å². The lowest BCUT2D eigenvalue weighted by Gasteiger charge is -2.16. The second-order valence-corrected chi connectivity index (χ2v) is 7.67. The molecule has 0 unspecified atom stereocenters. The van der Waals surface area contributed by atoms with Crippen LogP contribution >= 0.6 is 23.1 Å². The SMILES string of the molecule is CN(C)/N=C\C1=C(Sc2nc3ccccc3s2)CCCC1. The van der Waals surface area contributed by atoms with Gasteiger partial charge >= 0.3 is 0 Å². The third kappa shape index (κ3) is 3.66. The van der Waals surface area contributed by atoms with Gasteiger partial charge < -0.3 is 5.01 Å². The molecule has 0 amide bonds. The molecule has 1 aliphatic carbocycles. The molecule has 3 nitrogen and oxygen atoms in total. The van der Waals surface area contributed by atoms with Gasteiger partial charge in [0, 0.05) is 14.1 Å². The van der Waals surface area contributed by atoms with Gasteiger partial charge in [0.05, 0.1) is 16.4 Å². The minimum Gasteiger partial charge on any atom is -0.303 e. The number of thioether (sulfide) groups is 1. The highest BCUT2D eigenvalue weighted by Gasteiger charge is 2.15. The number of hydrogen-bond acceptors (Lipinski definition) is 5. The zero-order valence-corrected chi connectivity index (χ0v) is 14.0. The van der Waals surface area contributed by atoms with Gasteiger partial charge in [0.2, 0.25) is 0 Å². The fourth-order valence-electron chi connectivity index (χ4n) is 2.34. The highest BCUT2D eigenvalue weighted by atomic mass is 32.2. The number of para-hydroxylation sites is 1. The zero-order valence-electron chi connectivity index (χ0n) is 12.4. The van der Waals surface area contributed by atoms with Crippen LogP contribution in [0.5, 0.6) is 0 Å². The summed E-state index contributed by atoms with van der Waals surface area (Å²) in [5.74, 6) is 0. The lowest BCUT2D eigenvalue weighted by molar-refractivity contribution is 0.440. The lowest BCUT2D eigenvalue weighted by Crippen LogP contribution is -2.05.